The zero-order valence-electron chi connectivity index (χ0n) is 18.2. The van der Waals surface area contributed by atoms with E-state index in [0.29, 0.717) is 60.0 Å². The first-order valence-electron chi connectivity index (χ1n) is 10.9. The van der Waals surface area contributed by atoms with E-state index in [9.17, 15) is 9.59 Å². The van der Waals surface area contributed by atoms with Gasteiger partial charge in [0.05, 0.1) is 35.7 Å². The highest BCUT2D eigenvalue weighted by Crippen LogP contribution is 2.27. The third-order valence-electron chi connectivity index (χ3n) is 5.63. The number of anilines is 1. The lowest BCUT2D eigenvalue weighted by molar-refractivity contribution is 0.0303. The Hall–Kier alpha value is -3.62. The van der Waals surface area contributed by atoms with Crippen molar-refractivity contribution in [3.8, 4) is 11.4 Å². The van der Waals surface area contributed by atoms with E-state index < -0.39 is 0 Å². The van der Waals surface area contributed by atoms with Gasteiger partial charge in [0, 0.05) is 40.4 Å². The Morgan fingerprint density at radius 2 is 1.74 bits per heavy atom. The van der Waals surface area contributed by atoms with Gasteiger partial charge in [0.25, 0.3) is 11.8 Å². The maximum absolute atomic E-state index is 13.3. The Morgan fingerprint density at radius 1 is 0.941 bits per heavy atom. The molecule has 0 spiro atoms. The third-order valence-corrected chi connectivity index (χ3v) is 6.12. The minimum atomic E-state index is -0.269. The first-order valence-corrected chi connectivity index (χ1v) is 11.7. The van der Waals surface area contributed by atoms with Crippen LogP contribution in [0.2, 0.25) is 0 Å². The third kappa shape index (κ3) is 4.69. The van der Waals surface area contributed by atoms with Gasteiger partial charge < -0.3 is 15.0 Å². The molecule has 170 valence electrons. The van der Waals surface area contributed by atoms with Gasteiger partial charge in [0.15, 0.2) is 0 Å². The van der Waals surface area contributed by atoms with Gasteiger partial charge in [-0.2, -0.15) is 0 Å². The quantitative estimate of drug-likeness (QED) is 0.421. The van der Waals surface area contributed by atoms with Crippen molar-refractivity contribution in [2.24, 2.45) is 0 Å². The van der Waals surface area contributed by atoms with Crippen LogP contribution >= 0.6 is 15.9 Å². The zero-order valence-corrected chi connectivity index (χ0v) is 19.8. The number of fused-ring (bicyclic) bond motifs is 1. The van der Waals surface area contributed by atoms with Crippen molar-refractivity contribution in [2.45, 2.75) is 0 Å². The van der Waals surface area contributed by atoms with Crippen LogP contribution < -0.4 is 5.32 Å². The molecule has 4 aromatic rings. The minimum Gasteiger partial charge on any atom is -0.378 e. The molecule has 8 heteroatoms. The molecule has 34 heavy (non-hydrogen) atoms. The van der Waals surface area contributed by atoms with Crippen LogP contribution in [0.5, 0.6) is 0 Å². The summed E-state index contributed by atoms with van der Waals surface area (Å²) in [6, 6.07) is 19.9. The Bertz CT molecular complexity index is 1350. The van der Waals surface area contributed by atoms with Crippen molar-refractivity contribution in [2.75, 3.05) is 31.6 Å². The Labute approximate surface area is 204 Å². The second kappa shape index (κ2) is 9.70. The Morgan fingerprint density at radius 3 is 2.47 bits per heavy atom. The summed E-state index contributed by atoms with van der Waals surface area (Å²) in [6.45, 7) is 2.27. The normalized spacial score (nSPS) is 13.6. The maximum Gasteiger partial charge on any atom is 0.256 e. The fourth-order valence-electron chi connectivity index (χ4n) is 3.87. The van der Waals surface area contributed by atoms with Crippen molar-refractivity contribution in [1.82, 2.24) is 14.9 Å². The molecule has 7 nitrogen and oxygen atoms in total. The molecule has 2 amide bonds. The number of hydrogen-bond donors (Lipinski definition) is 1. The monoisotopic (exact) mass is 516 g/mol. The lowest BCUT2D eigenvalue weighted by Crippen LogP contribution is -2.40. The molecule has 0 saturated carbocycles. The number of carbonyl (C=O) groups excluding carboxylic acids is 2. The van der Waals surface area contributed by atoms with Crippen molar-refractivity contribution in [3.63, 3.8) is 0 Å². The summed E-state index contributed by atoms with van der Waals surface area (Å²) in [5.74, 6) is -0.305. The fraction of sp³-hybridized carbons (Fsp3) is 0.154. The minimum absolute atomic E-state index is 0.0360. The summed E-state index contributed by atoms with van der Waals surface area (Å²) in [7, 11) is 0. The Kier molecular flexibility index (Phi) is 6.33. The average Bonchev–Trinajstić information content (AvgIpc) is 2.89. The van der Waals surface area contributed by atoms with Crippen LogP contribution in [0.3, 0.4) is 0 Å². The SMILES string of the molecule is O=C(Nc1ccc(C(=O)N2CCOCC2)cc1)c1cc(-c2ccccn2)nc2ccc(Br)cc12. The maximum atomic E-state index is 13.3. The van der Waals surface area contributed by atoms with Crippen LogP contribution in [0.4, 0.5) is 5.69 Å². The number of ether oxygens (including phenoxy) is 1. The number of hydrogen-bond acceptors (Lipinski definition) is 5. The number of benzene rings is 2. The summed E-state index contributed by atoms with van der Waals surface area (Å²) in [5, 5.41) is 3.67. The summed E-state index contributed by atoms with van der Waals surface area (Å²) in [6.07, 6.45) is 1.70. The molecule has 0 bridgehead atoms. The van der Waals surface area contributed by atoms with E-state index in [4.69, 9.17) is 9.72 Å². The number of nitrogens with one attached hydrogen (secondary N) is 1. The first kappa shape index (κ1) is 22.2. The molecule has 2 aromatic carbocycles. The largest absolute Gasteiger partial charge is 0.378 e. The standard InChI is InChI=1S/C26H21BrN4O3/c27-18-6-9-22-20(15-18)21(16-24(30-22)23-3-1-2-10-28-23)25(32)29-19-7-4-17(5-8-19)26(33)31-11-13-34-14-12-31/h1-10,15-16H,11-14H2,(H,29,32). The predicted octanol–water partition coefficient (Wildman–Crippen LogP) is 4.78. The number of pyridine rings is 2. The van der Waals surface area contributed by atoms with Crippen LogP contribution in [0.25, 0.3) is 22.3 Å². The number of carbonyl (C=O) groups is 2. The fourth-order valence-corrected chi connectivity index (χ4v) is 4.24. The second-order valence-electron chi connectivity index (χ2n) is 7.87. The van der Waals surface area contributed by atoms with Gasteiger partial charge in [-0.15, -0.1) is 0 Å². The van der Waals surface area contributed by atoms with Crippen LogP contribution in [0.1, 0.15) is 20.7 Å². The smallest absolute Gasteiger partial charge is 0.256 e. The number of halogens is 1. The van der Waals surface area contributed by atoms with Crippen molar-refractivity contribution in [3.05, 3.63) is 88.5 Å². The van der Waals surface area contributed by atoms with Gasteiger partial charge in [0.1, 0.15) is 0 Å². The van der Waals surface area contributed by atoms with Crippen LogP contribution in [0, 0.1) is 0 Å². The van der Waals surface area contributed by atoms with Gasteiger partial charge in [-0.25, -0.2) is 4.98 Å². The van der Waals surface area contributed by atoms with Crippen LogP contribution in [-0.2, 0) is 4.74 Å². The van der Waals surface area contributed by atoms with Crippen molar-refractivity contribution in [1.29, 1.82) is 0 Å². The summed E-state index contributed by atoms with van der Waals surface area (Å²) in [4.78, 5) is 36.8. The molecule has 3 heterocycles. The highest BCUT2D eigenvalue weighted by atomic mass is 79.9. The summed E-state index contributed by atoms with van der Waals surface area (Å²) >= 11 is 3.48. The van der Waals surface area contributed by atoms with Gasteiger partial charge >= 0.3 is 0 Å². The number of rotatable bonds is 4. The van der Waals surface area contributed by atoms with Gasteiger partial charge in [-0.3, -0.25) is 14.6 Å². The molecule has 0 atom stereocenters. The van der Waals surface area contributed by atoms with Gasteiger partial charge in [0.2, 0.25) is 0 Å². The van der Waals surface area contributed by atoms with E-state index in [0.717, 1.165) is 9.86 Å². The van der Waals surface area contributed by atoms with Crippen LogP contribution in [-0.4, -0.2) is 53.0 Å². The molecule has 5 rings (SSSR count). The van der Waals surface area contributed by atoms with E-state index in [1.54, 1.807) is 41.4 Å². The molecule has 1 aliphatic heterocycles. The predicted molar refractivity (Wildman–Crippen MR) is 134 cm³/mol. The molecule has 0 aliphatic carbocycles. The van der Waals surface area contributed by atoms with E-state index in [2.05, 4.69) is 26.2 Å². The zero-order chi connectivity index (χ0) is 23.5. The number of aromatic nitrogens is 2. The highest BCUT2D eigenvalue weighted by Gasteiger charge is 2.19. The molecule has 2 aromatic heterocycles. The van der Waals surface area contributed by atoms with Gasteiger partial charge in [-0.1, -0.05) is 22.0 Å². The van der Waals surface area contributed by atoms with E-state index >= 15 is 0 Å². The van der Waals surface area contributed by atoms with E-state index in [1.807, 2.05) is 36.4 Å². The Balaban J connectivity index is 1.43. The molecular formula is C26H21BrN4O3. The van der Waals surface area contributed by atoms with Gasteiger partial charge in [-0.05, 0) is 60.7 Å². The lowest BCUT2D eigenvalue weighted by atomic mass is 10.1. The van der Waals surface area contributed by atoms with Crippen LogP contribution in [0.15, 0.2) is 77.4 Å². The van der Waals surface area contributed by atoms with Crippen molar-refractivity contribution >= 4 is 44.3 Å². The molecular weight excluding hydrogens is 496 g/mol. The number of nitrogens with zero attached hydrogens (tertiary/aromatic N) is 3. The van der Waals surface area contributed by atoms with E-state index in [1.165, 1.54) is 0 Å². The average molecular weight is 517 g/mol. The molecule has 0 radical (unpaired) electrons. The molecule has 1 fully saturated rings. The second-order valence-corrected chi connectivity index (χ2v) is 8.78. The number of amides is 2. The first-order chi connectivity index (χ1) is 16.6. The summed E-state index contributed by atoms with van der Waals surface area (Å²) < 4.78 is 6.17. The van der Waals surface area contributed by atoms with Crippen molar-refractivity contribution < 1.29 is 14.3 Å². The summed E-state index contributed by atoms with van der Waals surface area (Å²) in [5.41, 5.74) is 3.67. The topological polar surface area (TPSA) is 84.4 Å². The lowest BCUT2D eigenvalue weighted by Gasteiger charge is -2.26. The number of morpholine rings is 1. The highest BCUT2D eigenvalue weighted by molar-refractivity contribution is 9.10. The molecule has 1 N–H and O–H groups in total. The van der Waals surface area contributed by atoms with E-state index in [-0.39, 0.29) is 11.8 Å². The molecule has 1 aliphatic rings. The molecule has 0 unspecified atom stereocenters. The molecule has 1 saturated heterocycles.